The molecule has 0 spiro atoms. The van der Waals surface area contributed by atoms with E-state index < -0.39 is 0 Å². The molecule has 2 aromatic rings. The number of aromatic nitrogens is 2. The van der Waals surface area contributed by atoms with Crippen LogP contribution in [0.1, 0.15) is 32.1 Å². The minimum atomic E-state index is -0.276. The van der Waals surface area contributed by atoms with Gasteiger partial charge < -0.3 is 15.1 Å². The lowest BCUT2D eigenvalue weighted by molar-refractivity contribution is -0.125. The molecular weight excluding hydrogens is 381 g/mol. The molecule has 1 aromatic carbocycles. The molecule has 2 aliphatic heterocycles. The number of likely N-dealkylation sites (tertiary alicyclic amines) is 1. The number of nitrogens with zero attached hydrogens (tertiary/aromatic N) is 4. The number of rotatable bonds is 7. The fourth-order valence-corrected chi connectivity index (χ4v) is 4.34. The second-order valence-corrected chi connectivity index (χ2v) is 8.26. The van der Waals surface area contributed by atoms with E-state index in [1.54, 1.807) is 18.5 Å². The van der Waals surface area contributed by atoms with Gasteiger partial charge in [-0.15, -0.1) is 0 Å². The number of carbonyl (C=O) groups is 1. The van der Waals surface area contributed by atoms with Crippen LogP contribution in [0.3, 0.4) is 0 Å². The van der Waals surface area contributed by atoms with Gasteiger partial charge in [-0.25, -0.2) is 14.4 Å². The Morgan fingerprint density at radius 3 is 2.67 bits per heavy atom. The predicted molar refractivity (Wildman–Crippen MR) is 116 cm³/mol. The van der Waals surface area contributed by atoms with Gasteiger partial charge >= 0.3 is 0 Å². The molecule has 4 rings (SSSR count). The fourth-order valence-electron chi connectivity index (χ4n) is 4.34. The number of piperidine rings is 1. The van der Waals surface area contributed by atoms with Crippen molar-refractivity contribution in [2.45, 2.75) is 32.1 Å². The van der Waals surface area contributed by atoms with Gasteiger partial charge in [0.15, 0.2) is 0 Å². The van der Waals surface area contributed by atoms with Crippen LogP contribution in [0.2, 0.25) is 0 Å². The quantitative estimate of drug-likeness (QED) is 0.710. The smallest absolute Gasteiger partial charge is 0.225 e. The zero-order valence-corrected chi connectivity index (χ0v) is 17.4. The summed E-state index contributed by atoms with van der Waals surface area (Å²) in [6.07, 6.45) is 8.90. The van der Waals surface area contributed by atoms with Crippen LogP contribution in [0.15, 0.2) is 36.7 Å². The standard InChI is InChI=1S/C23H30FN5O/c24-21-8-3-6-18(14-21)20-15-26-23(27-16-20)29-13-4-7-19(17-29)22(30)25-9-5-12-28-10-1-2-11-28/h3,6,8,14-16,19H,1-2,4-5,7,9-13,17H2,(H,25,30)/t19-/m1/s1. The molecule has 0 radical (unpaired) electrons. The predicted octanol–water partition coefficient (Wildman–Crippen LogP) is 3.10. The van der Waals surface area contributed by atoms with Gasteiger partial charge in [-0.1, -0.05) is 12.1 Å². The molecule has 2 aliphatic rings. The summed E-state index contributed by atoms with van der Waals surface area (Å²) in [5.74, 6) is 0.457. The first-order valence-corrected chi connectivity index (χ1v) is 11.0. The first kappa shape index (κ1) is 20.7. The Morgan fingerprint density at radius 2 is 1.90 bits per heavy atom. The number of carbonyl (C=O) groups excluding carboxylic acids is 1. The van der Waals surface area contributed by atoms with Crippen molar-refractivity contribution in [2.75, 3.05) is 44.2 Å². The van der Waals surface area contributed by atoms with Crippen LogP contribution in [0.25, 0.3) is 11.1 Å². The third kappa shape index (κ3) is 5.33. The van der Waals surface area contributed by atoms with E-state index >= 15 is 0 Å². The van der Waals surface area contributed by atoms with Gasteiger partial charge in [-0.3, -0.25) is 4.79 Å². The van der Waals surface area contributed by atoms with Crippen LogP contribution < -0.4 is 10.2 Å². The molecule has 30 heavy (non-hydrogen) atoms. The molecular formula is C23H30FN5O. The lowest BCUT2D eigenvalue weighted by Crippen LogP contribution is -2.44. The molecule has 0 unspecified atom stereocenters. The molecule has 3 heterocycles. The largest absolute Gasteiger partial charge is 0.356 e. The van der Waals surface area contributed by atoms with Gasteiger partial charge in [0, 0.05) is 37.6 Å². The van der Waals surface area contributed by atoms with Crippen molar-refractivity contribution >= 4 is 11.9 Å². The third-order valence-electron chi connectivity index (χ3n) is 6.02. The molecule has 1 amide bonds. The zero-order chi connectivity index (χ0) is 20.8. The second kappa shape index (κ2) is 9.98. The van der Waals surface area contributed by atoms with Crippen molar-refractivity contribution in [3.05, 3.63) is 42.5 Å². The van der Waals surface area contributed by atoms with Crippen molar-refractivity contribution in [3.63, 3.8) is 0 Å². The molecule has 0 bridgehead atoms. The minimum Gasteiger partial charge on any atom is -0.356 e. The van der Waals surface area contributed by atoms with Crippen LogP contribution in [-0.4, -0.2) is 60.0 Å². The van der Waals surface area contributed by atoms with Crippen LogP contribution >= 0.6 is 0 Å². The van der Waals surface area contributed by atoms with Crippen molar-refractivity contribution in [2.24, 2.45) is 5.92 Å². The van der Waals surface area contributed by atoms with Gasteiger partial charge in [-0.2, -0.15) is 0 Å². The average molecular weight is 412 g/mol. The monoisotopic (exact) mass is 411 g/mol. The lowest BCUT2D eigenvalue weighted by atomic mass is 9.97. The van der Waals surface area contributed by atoms with Crippen LogP contribution in [0.5, 0.6) is 0 Å². The second-order valence-electron chi connectivity index (χ2n) is 8.26. The summed E-state index contributed by atoms with van der Waals surface area (Å²) in [4.78, 5) is 26.1. The molecule has 1 aromatic heterocycles. The molecule has 6 nitrogen and oxygen atoms in total. The Labute approximate surface area is 177 Å². The summed E-state index contributed by atoms with van der Waals surface area (Å²) in [7, 11) is 0. The van der Waals surface area contributed by atoms with Gasteiger partial charge in [0.05, 0.1) is 5.92 Å². The fraction of sp³-hybridized carbons (Fsp3) is 0.522. The number of nitrogens with one attached hydrogen (secondary N) is 1. The van der Waals surface area contributed by atoms with E-state index in [0.29, 0.717) is 12.5 Å². The number of hydrogen-bond acceptors (Lipinski definition) is 5. The van der Waals surface area contributed by atoms with Crippen LogP contribution in [-0.2, 0) is 4.79 Å². The summed E-state index contributed by atoms with van der Waals surface area (Å²) in [6.45, 7) is 5.69. The number of benzene rings is 1. The van der Waals surface area contributed by atoms with Crippen LogP contribution in [0, 0.1) is 11.7 Å². The minimum absolute atomic E-state index is 0.0305. The molecule has 0 saturated carbocycles. The van der Waals surface area contributed by atoms with E-state index in [0.717, 1.165) is 50.0 Å². The topological polar surface area (TPSA) is 61.4 Å². The number of halogens is 1. The maximum atomic E-state index is 13.4. The summed E-state index contributed by atoms with van der Waals surface area (Å²) < 4.78 is 13.4. The third-order valence-corrected chi connectivity index (χ3v) is 6.02. The zero-order valence-electron chi connectivity index (χ0n) is 17.4. The van der Waals surface area contributed by atoms with E-state index in [-0.39, 0.29) is 17.6 Å². The average Bonchev–Trinajstić information content (AvgIpc) is 3.30. The highest BCUT2D eigenvalue weighted by Crippen LogP contribution is 2.23. The normalized spacial score (nSPS) is 19.8. The Hall–Kier alpha value is -2.54. The first-order valence-electron chi connectivity index (χ1n) is 11.0. The van der Waals surface area contributed by atoms with Crippen molar-refractivity contribution < 1.29 is 9.18 Å². The summed E-state index contributed by atoms with van der Waals surface area (Å²) in [6, 6.07) is 6.41. The maximum absolute atomic E-state index is 13.4. The van der Waals surface area contributed by atoms with Gasteiger partial charge in [0.25, 0.3) is 0 Å². The van der Waals surface area contributed by atoms with E-state index in [9.17, 15) is 9.18 Å². The van der Waals surface area contributed by atoms with E-state index in [4.69, 9.17) is 0 Å². The molecule has 1 N–H and O–H groups in total. The summed E-state index contributed by atoms with van der Waals surface area (Å²) in [5, 5.41) is 3.12. The van der Waals surface area contributed by atoms with Gasteiger partial charge in [0.2, 0.25) is 11.9 Å². The first-order chi connectivity index (χ1) is 14.7. The Balaban J connectivity index is 1.28. The van der Waals surface area contributed by atoms with Crippen molar-refractivity contribution in [1.82, 2.24) is 20.2 Å². The van der Waals surface area contributed by atoms with Gasteiger partial charge in [0.1, 0.15) is 5.82 Å². The number of amides is 1. The van der Waals surface area contributed by atoms with E-state index in [1.807, 2.05) is 6.07 Å². The van der Waals surface area contributed by atoms with E-state index in [1.165, 1.54) is 38.1 Å². The maximum Gasteiger partial charge on any atom is 0.225 e. The number of anilines is 1. The Kier molecular flexibility index (Phi) is 6.89. The molecule has 160 valence electrons. The highest BCUT2D eigenvalue weighted by Gasteiger charge is 2.27. The molecule has 1 atom stereocenters. The number of hydrogen-bond donors (Lipinski definition) is 1. The Bertz CT molecular complexity index is 838. The lowest BCUT2D eigenvalue weighted by Gasteiger charge is -2.32. The van der Waals surface area contributed by atoms with Crippen molar-refractivity contribution in [1.29, 1.82) is 0 Å². The molecule has 7 heteroatoms. The van der Waals surface area contributed by atoms with Crippen molar-refractivity contribution in [3.8, 4) is 11.1 Å². The van der Waals surface area contributed by atoms with Crippen LogP contribution in [0.4, 0.5) is 10.3 Å². The highest BCUT2D eigenvalue weighted by atomic mass is 19.1. The highest BCUT2D eigenvalue weighted by molar-refractivity contribution is 5.79. The molecule has 2 saturated heterocycles. The summed E-state index contributed by atoms with van der Waals surface area (Å²) in [5.41, 5.74) is 1.54. The molecule has 2 fully saturated rings. The van der Waals surface area contributed by atoms with E-state index in [2.05, 4.69) is 25.1 Å². The molecule has 0 aliphatic carbocycles. The SMILES string of the molecule is O=C(NCCCN1CCCC1)[C@@H]1CCCN(c2ncc(-c3cccc(F)c3)cn2)C1. The van der Waals surface area contributed by atoms with Gasteiger partial charge in [-0.05, 0) is 69.4 Å². The summed E-state index contributed by atoms with van der Waals surface area (Å²) >= 11 is 0. The Morgan fingerprint density at radius 1 is 1.10 bits per heavy atom.